The van der Waals surface area contributed by atoms with Crippen molar-refractivity contribution in [1.82, 2.24) is 0 Å². The van der Waals surface area contributed by atoms with Gasteiger partial charge in [0, 0.05) is 6.07 Å². The van der Waals surface area contributed by atoms with E-state index < -0.39 is 33.1 Å². The Labute approximate surface area is 120 Å². The average Bonchev–Trinajstić information content (AvgIpc) is 2.36. The Bertz CT molecular complexity index is 534. The number of nitro benzene ring substituents is 1. The van der Waals surface area contributed by atoms with Crippen molar-refractivity contribution < 1.29 is 22.9 Å². The third-order valence-corrected chi connectivity index (χ3v) is 3.49. The predicted octanol–water partition coefficient (Wildman–Crippen LogP) is 3.73. The molecule has 1 unspecified atom stereocenters. The number of benzene rings is 1. The van der Waals surface area contributed by atoms with E-state index in [2.05, 4.69) is 21.2 Å². The molecule has 1 aromatic carbocycles. The molecule has 0 radical (unpaired) electrons. The molecule has 110 valence electrons. The van der Waals surface area contributed by atoms with Crippen molar-refractivity contribution in [2.75, 3.05) is 5.32 Å². The number of nitro groups is 1. The molecule has 1 N–H and O–H groups in total. The minimum Gasteiger partial charge on any atom is -0.319 e. The van der Waals surface area contributed by atoms with E-state index in [4.69, 9.17) is 0 Å². The normalized spacial score (nSPS) is 12.8. The summed E-state index contributed by atoms with van der Waals surface area (Å²) in [6.45, 7) is 1.71. The third kappa shape index (κ3) is 3.92. The van der Waals surface area contributed by atoms with E-state index in [1.807, 2.05) is 0 Å². The number of amides is 1. The summed E-state index contributed by atoms with van der Waals surface area (Å²) in [4.78, 5) is 20.8. The summed E-state index contributed by atoms with van der Waals surface area (Å²) in [7, 11) is 0. The van der Waals surface area contributed by atoms with Crippen molar-refractivity contribution in [3.63, 3.8) is 0 Å². The highest BCUT2D eigenvalue weighted by Crippen LogP contribution is 2.35. The van der Waals surface area contributed by atoms with E-state index in [0.717, 1.165) is 6.07 Å². The van der Waals surface area contributed by atoms with Crippen LogP contribution in [0.3, 0.4) is 0 Å². The summed E-state index contributed by atoms with van der Waals surface area (Å²) >= 11 is 3.05. The Morgan fingerprint density at radius 1 is 1.50 bits per heavy atom. The van der Waals surface area contributed by atoms with Crippen LogP contribution in [0.2, 0.25) is 0 Å². The highest BCUT2D eigenvalue weighted by Gasteiger charge is 2.33. The average molecular weight is 355 g/mol. The van der Waals surface area contributed by atoms with E-state index in [0.29, 0.717) is 18.6 Å². The van der Waals surface area contributed by atoms with Gasteiger partial charge in [0.25, 0.3) is 5.69 Å². The maximum absolute atomic E-state index is 12.5. The van der Waals surface area contributed by atoms with Crippen LogP contribution in [0.15, 0.2) is 18.2 Å². The van der Waals surface area contributed by atoms with Gasteiger partial charge in [-0.15, -0.1) is 0 Å². The maximum Gasteiger partial charge on any atom is 0.416 e. The molecule has 1 aromatic rings. The van der Waals surface area contributed by atoms with Gasteiger partial charge < -0.3 is 5.32 Å². The minimum absolute atomic E-state index is 0.272. The van der Waals surface area contributed by atoms with Gasteiger partial charge in [-0.2, -0.15) is 13.2 Å². The highest BCUT2D eigenvalue weighted by molar-refractivity contribution is 9.10. The minimum atomic E-state index is -4.69. The molecule has 1 atom stereocenters. The molecule has 0 aromatic heterocycles. The van der Waals surface area contributed by atoms with Crippen LogP contribution < -0.4 is 5.32 Å². The molecule has 0 saturated carbocycles. The lowest BCUT2D eigenvalue weighted by molar-refractivity contribution is -0.384. The standard InChI is InChI=1S/C11H10BrF3N2O3/c1-2-7(12)10(18)16-8-4-3-6(11(13,14)15)5-9(8)17(19)20/h3-5,7H,2H2,1H3,(H,16,18). The van der Waals surface area contributed by atoms with E-state index in [1.165, 1.54) is 0 Å². The maximum atomic E-state index is 12.5. The van der Waals surface area contributed by atoms with E-state index in [-0.39, 0.29) is 5.69 Å². The van der Waals surface area contributed by atoms with Crippen molar-refractivity contribution >= 4 is 33.2 Å². The first-order valence-corrected chi connectivity index (χ1v) is 6.39. The van der Waals surface area contributed by atoms with Crippen molar-refractivity contribution in [1.29, 1.82) is 0 Å². The number of hydrogen-bond acceptors (Lipinski definition) is 3. The molecule has 20 heavy (non-hydrogen) atoms. The van der Waals surface area contributed by atoms with Crippen molar-refractivity contribution in [3.05, 3.63) is 33.9 Å². The summed E-state index contributed by atoms with van der Waals surface area (Å²) < 4.78 is 37.5. The van der Waals surface area contributed by atoms with Crippen LogP contribution in [-0.4, -0.2) is 15.7 Å². The molecule has 1 amide bonds. The molecule has 0 aliphatic carbocycles. The van der Waals surface area contributed by atoms with Gasteiger partial charge in [0.2, 0.25) is 5.91 Å². The van der Waals surface area contributed by atoms with Crippen LogP contribution in [0.5, 0.6) is 0 Å². The number of anilines is 1. The Morgan fingerprint density at radius 3 is 2.55 bits per heavy atom. The zero-order chi connectivity index (χ0) is 15.5. The summed E-state index contributed by atoms with van der Waals surface area (Å²) in [5.41, 5.74) is -2.22. The third-order valence-electron chi connectivity index (χ3n) is 2.42. The van der Waals surface area contributed by atoms with Crippen molar-refractivity contribution in [3.8, 4) is 0 Å². The fraction of sp³-hybridized carbons (Fsp3) is 0.364. The van der Waals surface area contributed by atoms with Gasteiger partial charge in [-0.1, -0.05) is 22.9 Å². The van der Waals surface area contributed by atoms with Gasteiger partial charge in [0.15, 0.2) is 0 Å². The molecule has 0 fully saturated rings. The quantitative estimate of drug-likeness (QED) is 0.508. The molecule has 0 heterocycles. The molecule has 0 aliphatic rings. The van der Waals surface area contributed by atoms with Crippen LogP contribution in [0.4, 0.5) is 24.5 Å². The van der Waals surface area contributed by atoms with Crippen molar-refractivity contribution in [2.24, 2.45) is 0 Å². The molecule has 0 saturated heterocycles. The topological polar surface area (TPSA) is 72.2 Å². The lowest BCUT2D eigenvalue weighted by atomic mass is 10.1. The Balaban J connectivity index is 3.15. The SMILES string of the molecule is CCC(Br)C(=O)Nc1ccc(C(F)(F)F)cc1[N+](=O)[O-]. The zero-order valence-corrected chi connectivity index (χ0v) is 11.8. The number of nitrogens with zero attached hydrogens (tertiary/aromatic N) is 1. The van der Waals surface area contributed by atoms with E-state index in [9.17, 15) is 28.1 Å². The fourth-order valence-electron chi connectivity index (χ4n) is 1.36. The number of nitrogens with one attached hydrogen (secondary N) is 1. The van der Waals surface area contributed by atoms with Gasteiger partial charge >= 0.3 is 6.18 Å². The monoisotopic (exact) mass is 354 g/mol. The van der Waals surface area contributed by atoms with Gasteiger partial charge in [0.1, 0.15) is 5.69 Å². The van der Waals surface area contributed by atoms with Gasteiger partial charge in [-0.05, 0) is 18.6 Å². The Morgan fingerprint density at radius 2 is 2.10 bits per heavy atom. The number of carbonyl (C=O) groups excluding carboxylic acids is 1. The van der Waals surface area contributed by atoms with Crippen LogP contribution in [0.25, 0.3) is 0 Å². The summed E-state index contributed by atoms with van der Waals surface area (Å²) in [6.07, 6.45) is -4.26. The summed E-state index contributed by atoms with van der Waals surface area (Å²) in [5.74, 6) is -0.560. The van der Waals surface area contributed by atoms with Crippen LogP contribution in [-0.2, 0) is 11.0 Å². The number of rotatable bonds is 4. The van der Waals surface area contributed by atoms with Crippen LogP contribution >= 0.6 is 15.9 Å². The molecule has 0 spiro atoms. The number of halogens is 4. The first-order chi connectivity index (χ1) is 9.16. The fourth-order valence-corrected chi connectivity index (χ4v) is 1.48. The number of hydrogen-bond donors (Lipinski definition) is 1. The van der Waals surface area contributed by atoms with Gasteiger partial charge in [-0.25, -0.2) is 0 Å². The Kier molecular flexibility index (Phi) is 5.09. The van der Waals surface area contributed by atoms with Crippen LogP contribution in [0.1, 0.15) is 18.9 Å². The molecule has 5 nitrogen and oxygen atoms in total. The number of carbonyl (C=O) groups is 1. The number of alkyl halides is 4. The first kappa shape index (κ1) is 16.4. The van der Waals surface area contributed by atoms with Gasteiger partial charge in [0.05, 0.1) is 15.3 Å². The van der Waals surface area contributed by atoms with Crippen molar-refractivity contribution in [2.45, 2.75) is 24.3 Å². The Hall–Kier alpha value is -1.64. The van der Waals surface area contributed by atoms with E-state index in [1.54, 1.807) is 6.92 Å². The van der Waals surface area contributed by atoms with Crippen LogP contribution in [0, 0.1) is 10.1 Å². The first-order valence-electron chi connectivity index (χ1n) is 5.47. The molecule has 1 rings (SSSR count). The highest BCUT2D eigenvalue weighted by atomic mass is 79.9. The molecular weight excluding hydrogens is 345 g/mol. The molecule has 0 bridgehead atoms. The molecular formula is C11H10BrF3N2O3. The summed E-state index contributed by atoms with van der Waals surface area (Å²) in [6, 6.07) is 1.94. The molecule has 0 aliphatic heterocycles. The van der Waals surface area contributed by atoms with Gasteiger partial charge in [-0.3, -0.25) is 14.9 Å². The summed E-state index contributed by atoms with van der Waals surface area (Å²) in [5, 5.41) is 13.0. The smallest absolute Gasteiger partial charge is 0.319 e. The second-order valence-corrected chi connectivity index (χ2v) is 4.96. The lowest BCUT2D eigenvalue weighted by Gasteiger charge is -2.11. The second-order valence-electron chi connectivity index (χ2n) is 3.85. The second kappa shape index (κ2) is 6.21. The largest absolute Gasteiger partial charge is 0.416 e. The zero-order valence-electron chi connectivity index (χ0n) is 10.2. The van der Waals surface area contributed by atoms with E-state index >= 15 is 0 Å². The predicted molar refractivity (Wildman–Crippen MR) is 69.7 cm³/mol. The molecule has 9 heteroatoms. The lowest BCUT2D eigenvalue weighted by Crippen LogP contribution is -2.22.